The molecule has 0 heterocycles. The number of amides is 7. The molecule has 0 saturated heterocycles. The van der Waals surface area contributed by atoms with Crippen molar-refractivity contribution in [3.05, 3.63) is 35.4 Å². The second kappa shape index (κ2) is 24.5. The van der Waals surface area contributed by atoms with Crippen LogP contribution in [0.4, 0.5) is 9.59 Å². The van der Waals surface area contributed by atoms with Crippen LogP contribution in [0, 0.1) is 0 Å². The smallest absolute Gasteiger partial charge is 0.327 e. The minimum atomic E-state index is -1.83. The predicted molar refractivity (Wildman–Crippen MR) is 205 cm³/mol. The molecule has 0 spiro atoms. The topological polar surface area (TPSA) is 356 Å². The van der Waals surface area contributed by atoms with Crippen molar-refractivity contribution >= 4 is 72.3 Å². The van der Waals surface area contributed by atoms with Gasteiger partial charge in [-0.3, -0.25) is 28.8 Å². The molecular weight excluding hydrogens is 790 g/mol. The van der Waals surface area contributed by atoms with E-state index in [-0.39, 0.29) is 25.4 Å². The van der Waals surface area contributed by atoms with E-state index in [0.29, 0.717) is 36.9 Å². The average molecular weight is 842 g/mol. The molecule has 1 rings (SSSR count). The number of nitrogens with one attached hydrogen (secondary N) is 7. The standard InChI is InChI=1S/C35H51N7O15S/c1-18(38-34(57)41-21(31(52)53)11-12-25(44)45)6-4-5-13-36-33(56)37-17-20-9-7-19(8-10-20)14-24(43)39-22(15-26(46)47)29(50)40-23(16-27(48)49)30(51)42-28(32(54)55)35(2,3)58/h7-10,18,21-23,28,58H,4-6,11-17H2,1-3H3,(H,39,43)(H,40,50)(H,42,51)(H,44,45)(H,46,47)(H,48,49)(H,52,53)(H,54,55)(H2,36,37,56)(H2,38,41,57)/t18-,21+,22+,23+,28-/m1/s1. The van der Waals surface area contributed by atoms with Gasteiger partial charge >= 0.3 is 41.9 Å². The highest BCUT2D eigenvalue weighted by molar-refractivity contribution is 7.81. The van der Waals surface area contributed by atoms with Gasteiger partial charge in [-0.15, -0.1) is 0 Å². The Kier molecular flexibility index (Phi) is 21.1. The Labute approximate surface area is 338 Å². The van der Waals surface area contributed by atoms with E-state index in [1.54, 1.807) is 31.2 Å². The molecule has 0 fully saturated rings. The van der Waals surface area contributed by atoms with E-state index in [9.17, 15) is 63.3 Å². The molecule has 23 heteroatoms. The number of carbonyl (C=O) groups excluding carboxylic acids is 5. The van der Waals surface area contributed by atoms with Gasteiger partial charge in [0.1, 0.15) is 24.2 Å². The zero-order chi connectivity index (χ0) is 44.2. The van der Waals surface area contributed by atoms with Gasteiger partial charge < -0.3 is 62.8 Å². The van der Waals surface area contributed by atoms with Crippen molar-refractivity contribution in [1.82, 2.24) is 37.2 Å². The first-order valence-corrected chi connectivity index (χ1v) is 18.3. The first-order valence-electron chi connectivity index (χ1n) is 17.9. The minimum absolute atomic E-state index is 0.114. The van der Waals surface area contributed by atoms with E-state index in [0.717, 1.165) is 0 Å². The van der Waals surface area contributed by atoms with Crippen molar-refractivity contribution in [2.24, 2.45) is 0 Å². The van der Waals surface area contributed by atoms with Crippen LogP contribution in [0.3, 0.4) is 0 Å². The average Bonchev–Trinajstić information content (AvgIpc) is 3.09. The van der Waals surface area contributed by atoms with Gasteiger partial charge in [-0.25, -0.2) is 19.2 Å². The highest BCUT2D eigenvalue weighted by Gasteiger charge is 2.37. The Morgan fingerprint density at radius 3 is 1.69 bits per heavy atom. The molecule has 322 valence electrons. The Hall–Kier alpha value is -6.13. The lowest BCUT2D eigenvalue weighted by Crippen LogP contribution is -2.59. The first kappa shape index (κ1) is 49.9. The van der Waals surface area contributed by atoms with Gasteiger partial charge in [-0.2, -0.15) is 12.6 Å². The van der Waals surface area contributed by atoms with Crippen molar-refractivity contribution in [1.29, 1.82) is 0 Å². The zero-order valence-electron chi connectivity index (χ0n) is 32.0. The molecule has 0 aliphatic rings. The summed E-state index contributed by atoms with van der Waals surface area (Å²) in [6.07, 6.45) is -1.25. The number of unbranched alkanes of at least 4 members (excludes halogenated alkanes) is 1. The maximum atomic E-state index is 13.0. The van der Waals surface area contributed by atoms with Crippen LogP contribution in [0.1, 0.15) is 76.8 Å². The summed E-state index contributed by atoms with van der Waals surface area (Å²) in [7, 11) is 0. The fourth-order valence-electron chi connectivity index (χ4n) is 5.07. The van der Waals surface area contributed by atoms with Gasteiger partial charge in [-0.1, -0.05) is 24.3 Å². The summed E-state index contributed by atoms with van der Waals surface area (Å²) in [4.78, 5) is 119. The van der Waals surface area contributed by atoms with Crippen molar-refractivity contribution in [2.75, 3.05) is 6.54 Å². The maximum Gasteiger partial charge on any atom is 0.327 e. The highest BCUT2D eigenvalue weighted by Crippen LogP contribution is 2.18. The highest BCUT2D eigenvalue weighted by atomic mass is 32.1. The number of aliphatic carboxylic acids is 5. The normalized spacial score (nSPS) is 13.5. The Bertz CT molecular complexity index is 1650. The molecule has 0 saturated carbocycles. The molecular formula is C35H51N7O15S. The molecule has 1 aromatic rings. The molecule has 58 heavy (non-hydrogen) atoms. The van der Waals surface area contributed by atoms with Gasteiger partial charge in [0.25, 0.3) is 0 Å². The largest absolute Gasteiger partial charge is 0.481 e. The van der Waals surface area contributed by atoms with Crippen molar-refractivity contribution in [3.8, 4) is 0 Å². The summed E-state index contributed by atoms with van der Waals surface area (Å²) in [5, 5.41) is 62.6. The van der Waals surface area contributed by atoms with Gasteiger partial charge in [-0.05, 0) is 57.6 Å². The molecule has 0 aliphatic carbocycles. The van der Waals surface area contributed by atoms with Crippen molar-refractivity contribution < 1.29 is 73.5 Å². The van der Waals surface area contributed by atoms with E-state index in [1.807, 2.05) is 0 Å². The summed E-state index contributed by atoms with van der Waals surface area (Å²) in [5.41, 5.74) is 1.10. The van der Waals surface area contributed by atoms with E-state index >= 15 is 0 Å². The lowest BCUT2D eigenvalue weighted by molar-refractivity contribution is -0.145. The number of carboxylic acids is 5. The molecule has 0 radical (unpaired) electrons. The molecule has 1 aromatic carbocycles. The van der Waals surface area contributed by atoms with Crippen molar-refractivity contribution in [2.45, 2.75) is 114 Å². The van der Waals surface area contributed by atoms with Crippen LogP contribution < -0.4 is 37.2 Å². The monoisotopic (exact) mass is 841 g/mol. The summed E-state index contributed by atoms with van der Waals surface area (Å²) in [5.74, 6) is -10.2. The van der Waals surface area contributed by atoms with Gasteiger partial charge in [0.2, 0.25) is 17.7 Å². The third-order valence-electron chi connectivity index (χ3n) is 8.10. The van der Waals surface area contributed by atoms with E-state index < -0.39 is 108 Å². The van der Waals surface area contributed by atoms with Gasteiger partial charge in [0.05, 0.1) is 19.3 Å². The molecule has 0 aliphatic heterocycles. The van der Waals surface area contributed by atoms with E-state index in [4.69, 9.17) is 10.2 Å². The second-order valence-corrected chi connectivity index (χ2v) is 14.9. The van der Waals surface area contributed by atoms with Crippen LogP contribution >= 0.6 is 12.6 Å². The zero-order valence-corrected chi connectivity index (χ0v) is 32.9. The fourth-order valence-corrected chi connectivity index (χ4v) is 5.25. The third kappa shape index (κ3) is 20.7. The van der Waals surface area contributed by atoms with E-state index in [1.165, 1.54) is 13.8 Å². The van der Waals surface area contributed by atoms with E-state index in [2.05, 4.69) is 49.8 Å². The molecule has 0 unspecified atom stereocenters. The molecule has 22 nitrogen and oxygen atoms in total. The summed E-state index contributed by atoms with van der Waals surface area (Å²) < 4.78 is -1.30. The second-order valence-electron chi connectivity index (χ2n) is 13.8. The van der Waals surface area contributed by atoms with Crippen LogP contribution in [0.5, 0.6) is 0 Å². The number of rotatable bonds is 26. The van der Waals surface area contributed by atoms with Crippen LogP contribution in [0.15, 0.2) is 24.3 Å². The summed E-state index contributed by atoms with van der Waals surface area (Å²) in [6.45, 7) is 4.89. The Balaban J connectivity index is 2.61. The molecule has 0 bridgehead atoms. The van der Waals surface area contributed by atoms with Crippen LogP contribution in [0.25, 0.3) is 0 Å². The summed E-state index contributed by atoms with van der Waals surface area (Å²) >= 11 is 4.13. The Morgan fingerprint density at radius 2 is 1.17 bits per heavy atom. The fraction of sp³-hybridized carbons (Fsp3) is 0.543. The minimum Gasteiger partial charge on any atom is -0.481 e. The van der Waals surface area contributed by atoms with Gasteiger partial charge in [0.15, 0.2) is 0 Å². The Morgan fingerprint density at radius 1 is 0.621 bits per heavy atom. The number of carbonyl (C=O) groups is 10. The number of carboxylic acid groups (broad SMARTS) is 5. The maximum absolute atomic E-state index is 13.0. The number of thiol groups is 1. The molecule has 0 aromatic heterocycles. The quantitative estimate of drug-likeness (QED) is 0.0409. The molecule has 7 amide bonds. The van der Waals surface area contributed by atoms with Crippen LogP contribution in [-0.2, 0) is 51.3 Å². The third-order valence-corrected chi connectivity index (χ3v) is 8.36. The molecule has 5 atom stereocenters. The number of hydrogen-bond donors (Lipinski definition) is 13. The number of hydrogen-bond acceptors (Lipinski definition) is 11. The lowest BCUT2D eigenvalue weighted by Gasteiger charge is -2.29. The summed E-state index contributed by atoms with van der Waals surface area (Å²) in [6, 6.07) is -1.71. The number of urea groups is 2. The van der Waals surface area contributed by atoms with Gasteiger partial charge in [0, 0.05) is 30.3 Å². The van der Waals surface area contributed by atoms with Crippen molar-refractivity contribution in [3.63, 3.8) is 0 Å². The lowest BCUT2D eigenvalue weighted by atomic mass is 10.0. The molecule has 12 N–H and O–H groups in total. The SMILES string of the molecule is C[C@H](CCCCNC(=O)NCc1ccc(CC(=O)N[C@@H](CC(=O)O)C(=O)N[C@@H](CC(=O)O)C(=O)N[C@H](C(=O)O)C(C)(C)S)cc1)NC(=O)N[C@@H](CCC(=O)O)C(=O)O. The first-order chi connectivity index (χ1) is 27.0. The van der Waals surface area contributed by atoms with Crippen LogP contribution in [0.2, 0.25) is 0 Å². The number of benzene rings is 1. The van der Waals surface area contributed by atoms with Crippen LogP contribution in [-0.4, -0.2) is 127 Å². The predicted octanol–water partition coefficient (Wildman–Crippen LogP) is -0.599.